The van der Waals surface area contributed by atoms with E-state index >= 15 is 0 Å². The molecule has 0 spiro atoms. The maximum atomic E-state index is 11.0. The molecule has 0 saturated carbocycles. The second kappa shape index (κ2) is 5.70. The topological polar surface area (TPSA) is 70.2 Å². The summed E-state index contributed by atoms with van der Waals surface area (Å²) in [5, 5.41) is 19.9. The average molecular weight is 259 g/mol. The van der Waals surface area contributed by atoms with E-state index < -0.39 is 4.92 Å². The number of nitro groups is 1. The van der Waals surface area contributed by atoms with E-state index in [0.717, 1.165) is 31.6 Å². The van der Waals surface area contributed by atoms with E-state index in [0.29, 0.717) is 5.92 Å². The quantitative estimate of drug-likeness (QED) is 0.604. The summed E-state index contributed by atoms with van der Waals surface area (Å²) in [5.74, 6) is 0.707. The van der Waals surface area contributed by atoms with E-state index in [4.69, 9.17) is 5.26 Å². The Labute approximate surface area is 112 Å². The Balaban J connectivity index is 2.28. The van der Waals surface area contributed by atoms with Crippen molar-refractivity contribution in [1.82, 2.24) is 0 Å². The third-order valence-corrected chi connectivity index (χ3v) is 3.68. The Hall–Kier alpha value is -2.09. The van der Waals surface area contributed by atoms with Crippen molar-refractivity contribution in [2.75, 3.05) is 18.0 Å². The van der Waals surface area contributed by atoms with E-state index in [9.17, 15) is 10.1 Å². The highest BCUT2D eigenvalue weighted by atomic mass is 16.6. The molecule has 0 bridgehead atoms. The molecule has 5 heteroatoms. The Morgan fingerprint density at radius 3 is 2.89 bits per heavy atom. The minimum Gasteiger partial charge on any atom is -0.371 e. The van der Waals surface area contributed by atoms with Crippen LogP contribution in [0.25, 0.3) is 0 Å². The Morgan fingerprint density at radius 1 is 1.42 bits per heavy atom. The molecule has 0 amide bonds. The molecule has 1 fully saturated rings. The molecule has 1 unspecified atom stereocenters. The lowest BCUT2D eigenvalue weighted by Crippen LogP contribution is -2.24. The van der Waals surface area contributed by atoms with Gasteiger partial charge in [-0.3, -0.25) is 10.1 Å². The van der Waals surface area contributed by atoms with Crippen LogP contribution in [0.1, 0.15) is 31.7 Å². The number of benzene rings is 1. The first kappa shape index (κ1) is 13.3. The number of hydrogen-bond donors (Lipinski definition) is 0. The van der Waals surface area contributed by atoms with Crippen LogP contribution < -0.4 is 4.90 Å². The van der Waals surface area contributed by atoms with Crippen LogP contribution in [0, 0.1) is 27.4 Å². The van der Waals surface area contributed by atoms with Gasteiger partial charge in [0, 0.05) is 24.8 Å². The molecule has 0 N–H and O–H groups in total. The van der Waals surface area contributed by atoms with Crippen LogP contribution in [0.5, 0.6) is 0 Å². The zero-order chi connectivity index (χ0) is 13.8. The summed E-state index contributed by atoms with van der Waals surface area (Å²) in [6.45, 7) is 4.09. The first-order chi connectivity index (χ1) is 9.11. The Kier molecular flexibility index (Phi) is 4.00. The number of hydrogen-bond acceptors (Lipinski definition) is 4. The number of anilines is 1. The van der Waals surface area contributed by atoms with Gasteiger partial charge in [0.1, 0.15) is 11.6 Å². The van der Waals surface area contributed by atoms with Crippen molar-refractivity contribution < 1.29 is 4.92 Å². The van der Waals surface area contributed by atoms with Gasteiger partial charge in [-0.1, -0.05) is 6.92 Å². The summed E-state index contributed by atoms with van der Waals surface area (Å²) in [6.07, 6.45) is 3.41. The molecule has 1 saturated heterocycles. The van der Waals surface area contributed by atoms with Crippen LogP contribution in [-0.2, 0) is 0 Å². The van der Waals surface area contributed by atoms with Crippen molar-refractivity contribution in [3.8, 4) is 6.07 Å². The summed E-state index contributed by atoms with van der Waals surface area (Å²) < 4.78 is 0. The molecule has 1 aromatic carbocycles. The average Bonchev–Trinajstić information content (AvgIpc) is 2.62. The minimum atomic E-state index is -0.484. The smallest absolute Gasteiger partial charge is 0.289 e. The maximum Gasteiger partial charge on any atom is 0.289 e. The molecule has 0 radical (unpaired) electrons. The molecular weight excluding hydrogens is 242 g/mol. The van der Waals surface area contributed by atoms with Gasteiger partial charge < -0.3 is 4.90 Å². The van der Waals surface area contributed by atoms with Gasteiger partial charge in [0.25, 0.3) is 5.69 Å². The lowest BCUT2D eigenvalue weighted by Gasteiger charge is -2.22. The van der Waals surface area contributed by atoms with Gasteiger partial charge >= 0.3 is 0 Å². The zero-order valence-electron chi connectivity index (χ0n) is 11.0. The van der Waals surface area contributed by atoms with Gasteiger partial charge in [-0.2, -0.15) is 5.26 Å². The largest absolute Gasteiger partial charge is 0.371 e. The first-order valence-electron chi connectivity index (χ1n) is 6.55. The number of nitro benzene ring substituents is 1. The van der Waals surface area contributed by atoms with Gasteiger partial charge in [0.2, 0.25) is 0 Å². The van der Waals surface area contributed by atoms with Crippen molar-refractivity contribution in [3.63, 3.8) is 0 Å². The van der Waals surface area contributed by atoms with E-state index in [2.05, 4.69) is 11.8 Å². The highest BCUT2D eigenvalue weighted by Crippen LogP contribution is 2.27. The molecule has 100 valence electrons. The molecule has 1 aromatic rings. The van der Waals surface area contributed by atoms with Gasteiger partial charge in [0.15, 0.2) is 0 Å². The third-order valence-electron chi connectivity index (χ3n) is 3.68. The molecule has 1 heterocycles. The van der Waals surface area contributed by atoms with Crippen molar-refractivity contribution >= 4 is 11.4 Å². The van der Waals surface area contributed by atoms with Crippen molar-refractivity contribution in [2.45, 2.75) is 26.2 Å². The molecule has 5 nitrogen and oxygen atoms in total. The lowest BCUT2D eigenvalue weighted by atomic mass is 10.0. The second-order valence-electron chi connectivity index (χ2n) is 5.09. The summed E-state index contributed by atoms with van der Waals surface area (Å²) in [7, 11) is 0. The fraction of sp³-hybridized carbons (Fsp3) is 0.500. The zero-order valence-corrected chi connectivity index (χ0v) is 11.0. The highest BCUT2D eigenvalue weighted by Gasteiger charge is 2.19. The third kappa shape index (κ3) is 3.02. The summed E-state index contributed by atoms with van der Waals surface area (Å²) in [6, 6.07) is 6.74. The fourth-order valence-corrected chi connectivity index (χ4v) is 2.48. The Bertz CT molecular complexity index is 522. The SMILES string of the molecule is CC1CCCN(c2ccc(C#N)c([N+](=O)[O-])c2)CC1. The predicted molar refractivity (Wildman–Crippen MR) is 73.0 cm³/mol. The number of rotatable bonds is 2. The molecule has 0 aliphatic carbocycles. The van der Waals surface area contributed by atoms with Gasteiger partial charge in [-0.05, 0) is 37.3 Å². The van der Waals surface area contributed by atoms with Crippen LogP contribution in [0.3, 0.4) is 0 Å². The van der Waals surface area contributed by atoms with E-state index in [1.807, 2.05) is 12.1 Å². The summed E-state index contributed by atoms with van der Waals surface area (Å²) in [4.78, 5) is 12.7. The van der Waals surface area contributed by atoms with Crippen molar-refractivity contribution in [3.05, 3.63) is 33.9 Å². The van der Waals surface area contributed by atoms with Crippen LogP contribution in [-0.4, -0.2) is 18.0 Å². The molecule has 19 heavy (non-hydrogen) atoms. The summed E-state index contributed by atoms with van der Waals surface area (Å²) in [5.41, 5.74) is 0.869. The first-order valence-corrected chi connectivity index (χ1v) is 6.55. The van der Waals surface area contributed by atoms with Gasteiger partial charge in [0.05, 0.1) is 4.92 Å². The van der Waals surface area contributed by atoms with E-state index in [-0.39, 0.29) is 11.3 Å². The number of nitriles is 1. The second-order valence-corrected chi connectivity index (χ2v) is 5.09. The molecule has 1 aliphatic heterocycles. The molecule has 1 aliphatic rings. The minimum absolute atomic E-state index is 0.0997. The molecule has 1 atom stereocenters. The maximum absolute atomic E-state index is 11.0. The van der Waals surface area contributed by atoms with E-state index in [1.165, 1.54) is 12.5 Å². The van der Waals surface area contributed by atoms with Gasteiger partial charge in [-0.15, -0.1) is 0 Å². The van der Waals surface area contributed by atoms with Crippen LogP contribution in [0.4, 0.5) is 11.4 Å². The van der Waals surface area contributed by atoms with Crippen molar-refractivity contribution in [1.29, 1.82) is 5.26 Å². The monoisotopic (exact) mass is 259 g/mol. The molecule has 2 rings (SSSR count). The van der Waals surface area contributed by atoms with Crippen LogP contribution >= 0.6 is 0 Å². The fourth-order valence-electron chi connectivity index (χ4n) is 2.48. The van der Waals surface area contributed by atoms with Crippen LogP contribution in [0.2, 0.25) is 0 Å². The van der Waals surface area contributed by atoms with Gasteiger partial charge in [-0.25, -0.2) is 0 Å². The Morgan fingerprint density at radius 2 is 2.21 bits per heavy atom. The predicted octanol–water partition coefficient (Wildman–Crippen LogP) is 3.09. The normalized spacial score (nSPS) is 19.6. The molecule has 0 aromatic heterocycles. The van der Waals surface area contributed by atoms with Crippen molar-refractivity contribution in [2.24, 2.45) is 5.92 Å². The highest BCUT2D eigenvalue weighted by molar-refractivity contribution is 5.60. The van der Waals surface area contributed by atoms with Crippen LogP contribution in [0.15, 0.2) is 18.2 Å². The standard InChI is InChI=1S/C14H17N3O2/c1-11-3-2-7-16(8-6-11)13-5-4-12(10-15)14(9-13)17(18)19/h4-5,9,11H,2-3,6-8H2,1H3. The summed E-state index contributed by atoms with van der Waals surface area (Å²) >= 11 is 0. The number of nitrogens with zero attached hydrogens (tertiary/aromatic N) is 3. The lowest BCUT2D eigenvalue weighted by molar-refractivity contribution is -0.385. The van der Waals surface area contributed by atoms with E-state index in [1.54, 1.807) is 6.07 Å². The molecular formula is C14H17N3O2.